The van der Waals surface area contributed by atoms with Crippen molar-refractivity contribution in [3.63, 3.8) is 0 Å². The zero-order chi connectivity index (χ0) is 17.0. The molecule has 0 fully saturated rings. The summed E-state index contributed by atoms with van der Waals surface area (Å²) in [5.74, 6) is -2.70. The molecule has 0 spiro atoms. The van der Waals surface area contributed by atoms with Crippen LogP contribution in [0.4, 0.5) is 27.6 Å². The van der Waals surface area contributed by atoms with Gasteiger partial charge in [0.25, 0.3) is 5.91 Å². The Morgan fingerprint density at radius 3 is 2.52 bits per heavy atom. The number of nitrogens with one attached hydrogen (secondary N) is 1. The summed E-state index contributed by atoms with van der Waals surface area (Å²) in [5, 5.41) is 2.13. The van der Waals surface area contributed by atoms with Crippen LogP contribution < -0.4 is 10.1 Å². The van der Waals surface area contributed by atoms with Crippen LogP contribution in [0.2, 0.25) is 0 Å². The number of alkyl halides is 3. The van der Waals surface area contributed by atoms with Gasteiger partial charge in [-0.25, -0.2) is 13.8 Å². The van der Waals surface area contributed by atoms with E-state index in [0.29, 0.717) is 0 Å². The van der Waals surface area contributed by atoms with Crippen molar-refractivity contribution in [3.05, 3.63) is 53.7 Å². The molecule has 1 aromatic heterocycles. The molecule has 1 heterocycles. The Morgan fingerprint density at radius 2 is 1.91 bits per heavy atom. The van der Waals surface area contributed by atoms with E-state index >= 15 is 0 Å². The van der Waals surface area contributed by atoms with E-state index in [9.17, 15) is 26.7 Å². The van der Waals surface area contributed by atoms with Crippen LogP contribution in [0.5, 0.6) is 5.88 Å². The normalized spacial score (nSPS) is 11.2. The van der Waals surface area contributed by atoms with E-state index in [2.05, 4.69) is 15.0 Å². The Balaban J connectivity index is 2.04. The maximum absolute atomic E-state index is 13.4. The first-order chi connectivity index (χ1) is 10.7. The van der Waals surface area contributed by atoms with Gasteiger partial charge < -0.3 is 10.1 Å². The van der Waals surface area contributed by atoms with Crippen LogP contribution in [0.25, 0.3) is 0 Å². The van der Waals surface area contributed by atoms with Crippen molar-refractivity contribution in [3.8, 4) is 5.88 Å². The number of amides is 1. The Labute approximate surface area is 126 Å². The molecule has 0 unspecified atom stereocenters. The summed E-state index contributed by atoms with van der Waals surface area (Å²) in [6.45, 7) is -1.51. The summed E-state index contributed by atoms with van der Waals surface area (Å²) in [6, 6.07) is 4.73. The molecule has 0 radical (unpaired) electrons. The number of ether oxygens (including phenoxy) is 1. The first kappa shape index (κ1) is 16.7. The van der Waals surface area contributed by atoms with E-state index in [0.717, 1.165) is 36.5 Å². The van der Waals surface area contributed by atoms with Gasteiger partial charge in [0, 0.05) is 18.3 Å². The molecule has 0 saturated carbocycles. The van der Waals surface area contributed by atoms with Crippen LogP contribution in [0.3, 0.4) is 0 Å². The Bertz CT molecular complexity index is 701. The molecule has 0 aliphatic carbocycles. The molecular formula is C14H9F5N2O2. The summed E-state index contributed by atoms with van der Waals surface area (Å²) in [6.07, 6.45) is -3.55. The van der Waals surface area contributed by atoms with Gasteiger partial charge in [-0.3, -0.25) is 4.79 Å². The number of hydrogen-bond donors (Lipinski definition) is 1. The molecule has 23 heavy (non-hydrogen) atoms. The van der Waals surface area contributed by atoms with Crippen molar-refractivity contribution in [1.82, 2.24) is 4.98 Å². The fourth-order valence-electron chi connectivity index (χ4n) is 1.54. The highest BCUT2D eigenvalue weighted by Gasteiger charge is 2.28. The summed E-state index contributed by atoms with van der Waals surface area (Å²) >= 11 is 0. The van der Waals surface area contributed by atoms with Crippen LogP contribution >= 0.6 is 0 Å². The van der Waals surface area contributed by atoms with Crippen LogP contribution in [0.15, 0.2) is 36.5 Å². The third-order valence-corrected chi connectivity index (χ3v) is 2.56. The highest BCUT2D eigenvalue weighted by atomic mass is 19.4. The maximum Gasteiger partial charge on any atom is 0.422 e. The molecule has 9 heteroatoms. The van der Waals surface area contributed by atoms with Gasteiger partial charge in [-0.05, 0) is 18.2 Å². The Hall–Kier alpha value is -2.71. The van der Waals surface area contributed by atoms with Crippen molar-refractivity contribution >= 4 is 11.6 Å². The number of rotatable bonds is 4. The fourth-order valence-corrected chi connectivity index (χ4v) is 1.54. The lowest BCUT2D eigenvalue weighted by molar-refractivity contribution is -0.154. The zero-order valence-corrected chi connectivity index (χ0v) is 11.3. The van der Waals surface area contributed by atoms with Gasteiger partial charge in [-0.1, -0.05) is 0 Å². The number of anilines is 1. The van der Waals surface area contributed by atoms with Crippen molar-refractivity contribution < 1.29 is 31.5 Å². The summed E-state index contributed by atoms with van der Waals surface area (Å²) < 4.78 is 66.7. The van der Waals surface area contributed by atoms with Gasteiger partial charge in [0.15, 0.2) is 6.61 Å². The predicted molar refractivity (Wildman–Crippen MR) is 70.1 cm³/mol. The second kappa shape index (κ2) is 6.59. The largest absolute Gasteiger partial charge is 0.468 e. The maximum atomic E-state index is 13.4. The lowest BCUT2D eigenvalue weighted by Crippen LogP contribution is -2.20. The quantitative estimate of drug-likeness (QED) is 0.871. The molecule has 4 nitrogen and oxygen atoms in total. The minimum atomic E-state index is -4.51. The third-order valence-electron chi connectivity index (χ3n) is 2.56. The number of nitrogens with zero attached hydrogens (tertiary/aromatic N) is 1. The molecule has 2 aromatic rings. The standard InChI is InChI=1S/C14H9F5N2O2/c15-9-2-3-10(16)11(5-9)21-13(22)8-1-4-12(20-6-8)23-7-14(17,18)19/h1-6H,7H2,(H,21,22). The molecule has 2 rings (SSSR count). The topological polar surface area (TPSA) is 51.2 Å². The zero-order valence-electron chi connectivity index (χ0n) is 11.3. The van der Waals surface area contributed by atoms with Crippen LogP contribution in [0, 0.1) is 11.6 Å². The van der Waals surface area contributed by atoms with E-state index in [4.69, 9.17) is 0 Å². The molecule has 0 bridgehead atoms. The molecule has 0 aliphatic heterocycles. The molecule has 122 valence electrons. The van der Waals surface area contributed by atoms with Gasteiger partial charge in [0.1, 0.15) is 11.6 Å². The number of pyridine rings is 1. The van der Waals surface area contributed by atoms with E-state index < -0.39 is 30.3 Å². The molecular weight excluding hydrogens is 323 g/mol. The summed E-state index contributed by atoms with van der Waals surface area (Å²) in [5.41, 5.74) is -0.430. The third kappa shape index (κ3) is 4.90. The smallest absolute Gasteiger partial charge is 0.422 e. The van der Waals surface area contributed by atoms with Crippen molar-refractivity contribution in [2.45, 2.75) is 6.18 Å². The molecule has 0 saturated heterocycles. The average Bonchev–Trinajstić information content (AvgIpc) is 2.48. The van der Waals surface area contributed by atoms with Crippen LogP contribution in [-0.4, -0.2) is 23.7 Å². The minimum absolute atomic E-state index is 0.0620. The fraction of sp³-hybridized carbons (Fsp3) is 0.143. The number of carbonyl (C=O) groups excluding carboxylic acids is 1. The average molecular weight is 332 g/mol. The first-order valence-electron chi connectivity index (χ1n) is 6.16. The lowest BCUT2D eigenvalue weighted by atomic mass is 10.2. The van der Waals surface area contributed by atoms with Crippen molar-refractivity contribution in [1.29, 1.82) is 0 Å². The molecule has 0 aliphatic rings. The number of carbonyl (C=O) groups is 1. The number of benzene rings is 1. The second-order valence-electron chi connectivity index (χ2n) is 4.37. The second-order valence-corrected chi connectivity index (χ2v) is 4.37. The number of aromatic nitrogens is 1. The molecule has 1 amide bonds. The van der Waals surface area contributed by atoms with Gasteiger partial charge in [-0.2, -0.15) is 13.2 Å². The molecule has 0 atom stereocenters. The van der Waals surface area contributed by atoms with Gasteiger partial charge in [0.05, 0.1) is 11.3 Å². The first-order valence-corrected chi connectivity index (χ1v) is 6.16. The van der Waals surface area contributed by atoms with Crippen molar-refractivity contribution in [2.75, 3.05) is 11.9 Å². The van der Waals surface area contributed by atoms with Crippen molar-refractivity contribution in [2.24, 2.45) is 0 Å². The van der Waals surface area contributed by atoms with E-state index in [1.165, 1.54) is 0 Å². The number of halogens is 5. The van der Waals surface area contributed by atoms with Crippen LogP contribution in [0.1, 0.15) is 10.4 Å². The van der Waals surface area contributed by atoms with E-state index in [1.807, 2.05) is 0 Å². The Morgan fingerprint density at radius 1 is 1.17 bits per heavy atom. The molecule has 1 aromatic carbocycles. The lowest BCUT2D eigenvalue weighted by Gasteiger charge is -2.09. The van der Waals surface area contributed by atoms with Crippen LogP contribution in [-0.2, 0) is 0 Å². The highest BCUT2D eigenvalue weighted by molar-refractivity contribution is 6.04. The number of hydrogen-bond acceptors (Lipinski definition) is 3. The van der Waals surface area contributed by atoms with E-state index in [1.54, 1.807) is 0 Å². The van der Waals surface area contributed by atoms with Gasteiger partial charge in [-0.15, -0.1) is 0 Å². The summed E-state index contributed by atoms with van der Waals surface area (Å²) in [4.78, 5) is 15.4. The highest BCUT2D eigenvalue weighted by Crippen LogP contribution is 2.18. The van der Waals surface area contributed by atoms with Gasteiger partial charge in [0.2, 0.25) is 5.88 Å². The molecule has 1 N–H and O–H groups in total. The Kier molecular flexibility index (Phi) is 4.77. The summed E-state index contributed by atoms with van der Waals surface area (Å²) in [7, 11) is 0. The van der Waals surface area contributed by atoms with Gasteiger partial charge >= 0.3 is 6.18 Å². The predicted octanol–water partition coefficient (Wildman–Crippen LogP) is 3.55. The monoisotopic (exact) mass is 332 g/mol. The SMILES string of the molecule is O=C(Nc1cc(F)ccc1F)c1ccc(OCC(F)(F)F)nc1. The van der Waals surface area contributed by atoms with E-state index in [-0.39, 0.29) is 17.1 Å². The minimum Gasteiger partial charge on any atom is -0.468 e.